The van der Waals surface area contributed by atoms with Crippen molar-refractivity contribution >= 4 is 11.9 Å². The smallest absolute Gasteiger partial charge is 0.310 e. The second-order valence-electron chi connectivity index (χ2n) is 11.2. The summed E-state index contributed by atoms with van der Waals surface area (Å²) in [5, 5.41) is 0. The molecule has 1 rings (SSSR count). The van der Waals surface area contributed by atoms with Gasteiger partial charge in [0.2, 0.25) is 0 Å². The minimum Gasteiger partial charge on any atom is -0.465 e. The molecule has 0 saturated carbocycles. The Bertz CT molecular complexity index is 571. The number of ether oxygens (including phenoxy) is 2. The van der Waals surface area contributed by atoms with E-state index in [2.05, 4.69) is 19.9 Å². The van der Waals surface area contributed by atoms with E-state index in [0.29, 0.717) is 26.1 Å². The van der Waals surface area contributed by atoms with Gasteiger partial charge in [-0.2, -0.15) is 0 Å². The maximum atomic E-state index is 12.8. The molecule has 0 saturated heterocycles. The number of rotatable bonds is 24. The van der Waals surface area contributed by atoms with Crippen molar-refractivity contribution in [2.45, 2.75) is 162 Å². The van der Waals surface area contributed by atoms with Gasteiger partial charge in [-0.1, -0.05) is 142 Å². The van der Waals surface area contributed by atoms with Crippen LogP contribution in [0.2, 0.25) is 0 Å². The lowest BCUT2D eigenvalue weighted by atomic mass is 9.88. The predicted molar refractivity (Wildman–Crippen MR) is 156 cm³/mol. The molecule has 4 nitrogen and oxygen atoms in total. The van der Waals surface area contributed by atoms with E-state index in [-0.39, 0.29) is 17.9 Å². The molecule has 0 aromatic heterocycles. The fraction of sp³-hybridized carbons (Fsp3) is 0.879. The Morgan fingerprint density at radius 3 is 1.35 bits per heavy atom. The van der Waals surface area contributed by atoms with Crippen LogP contribution in [-0.4, -0.2) is 25.2 Å². The molecule has 0 bridgehead atoms. The van der Waals surface area contributed by atoms with Crippen molar-refractivity contribution in [1.82, 2.24) is 0 Å². The SMILES string of the molecule is CCCCCCCCCCCCOC(=O)C1CC=CCCC1C(=O)OCCCCCCCCCCCC. The fourth-order valence-corrected chi connectivity index (χ4v) is 5.28. The van der Waals surface area contributed by atoms with Crippen molar-refractivity contribution in [1.29, 1.82) is 0 Å². The molecule has 0 aliphatic heterocycles. The van der Waals surface area contributed by atoms with Crippen LogP contribution in [0.4, 0.5) is 0 Å². The molecule has 0 radical (unpaired) electrons. The van der Waals surface area contributed by atoms with Crippen molar-refractivity contribution < 1.29 is 19.1 Å². The van der Waals surface area contributed by atoms with E-state index in [9.17, 15) is 9.59 Å². The Balaban J connectivity index is 2.15. The van der Waals surface area contributed by atoms with Gasteiger partial charge in [0.25, 0.3) is 0 Å². The van der Waals surface area contributed by atoms with Gasteiger partial charge in [0.15, 0.2) is 0 Å². The lowest BCUT2D eigenvalue weighted by molar-refractivity contribution is -0.161. The molecule has 0 spiro atoms. The summed E-state index contributed by atoms with van der Waals surface area (Å²) in [6.45, 7) is 5.45. The first-order valence-electron chi connectivity index (χ1n) is 16.2. The third kappa shape index (κ3) is 18.6. The summed E-state index contributed by atoms with van der Waals surface area (Å²) in [6, 6.07) is 0. The van der Waals surface area contributed by atoms with Crippen molar-refractivity contribution in [3.05, 3.63) is 12.2 Å². The van der Waals surface area contributed by atoms with E-state index in [1.807, 2.05) is 6.08 Å². The van der Waals surface area contributed by atoms with Gasteiger partial charge in [0, 0.05) is 0 Å². The lowest BCUT2D eigenvalue weighted by Crippen LogP contribution is -2.32. The number of hydrogen-bond donors (Lipinski definition) is 0. The molecule has 0 aromatic carbocycles. The Morgan fingerprint density at radius 2 is 0.919 bits per heavy atom. The maximum absolute atomic E-state index is 12.8. The zero-order chi connectivity index (χ0) is 26.8. The average Bonchev–Trinajstić information content (AvgIpc) is 3.16. The van der Waals surface area contributed by atoms with E-state index in [1.165, 1.54) is 103 Å². The molecule has 0 aromatic rings. The second kappa shape index (κ2) is 25.0. The molecular weight excluding hydrogens is 460 g/mol. The van der Waals surface area contributed by atoms with Crippen LogP contribution < -0.4 is 0 Å². The topological polar surface area (TPSA) is 52.6 Å². The molecule has 1 aliphatic carbocycles. The van der Waals surface area contributed by atoms with Crippen LogP contribution in [-0.2, 0) is 19.1 Å². The number of allylic oxidation sites excluding steroid dienone is 2. The highest BCUT2D eigenvalue weighted by molar-refractivity contribution is 5.82. The highest BCUT2D eigenvalue weighted by Gasteiger charge is 2.35. The summed E-state index contributed by atoms with van der Waals surface area (Å²) in [5.74, 6) is -1.20. The first kappa shape index (κ1) is 33.7. The van der Waals surface area contributed by atoms with Gasteiger partial charge in [-0.3, -0.25) is 9.59 Å². The molecule has 216 valence electrons. The van der Waals surface area contributed by atoms with Crippen molar-refractivity contribution in [2.24, 2.45) is 11.8 Å². The van der Waals surface area contributed by atoms with Crippen molar-refractivity contribution in [3.8, 4) is 0 Å². The van der Waals surface area contributed by atoms with Crippen LogP contribution in [0.1, 0.15) is 162 Å². The number of unbranched alkanes of at least 4 members (excludes halogenated alkanes) is 18. The Morgan fingerprint density at radius 1 is 0.541 bits per heavy atom. The van der Waals surface area contributed by atoms with E-state index >= 15 is 0 Å². The summed E-state index contributed by atoms with van der Waals surface area (Å²) >= 11 is 0. The summed E-state index contributed by atoms with van der Waals surface area (Å²) in [5.41, 5.74) is 0. The quantitative estimate of drug-likeness (QED) is 0.0721. The first-order chi connectivity index (χ1) is 18.2. The zero-order valence-corrected chi connectivity index (χ0v) is 24.6. The third-order valence-corrected chi connectivity index (χ3v) is 7.78. The molecule has 37 heavy (non-hydrogen) atoms. The van der Waals surface area contributed by atoms with E-state index in [1.54, 1.807) is 0 Å². The Kier molecular flexibility index (Phi) is 22.8. The van der Waals surface area contributed by atoms with Gasteiger partial charge in [0.1, 0.15) is 0 Å². The standard InChI is InChI=1S/C33H60O4/c1-3-5-7-9-11-13-15-17-19-24-28-36-32(34)30-26-22-21-23-27-31(30)33(35)37-29-25-20-18-16-14-12-10-8-6-4-2/h21-22,30-31H,3-20,23-29H2,1-2H3. The largest absolute Gasteiger partial charge is 0.465 e. The van der Waals surface area contributed by atoms with Crippen molar-refractivity contribution in [3.63, 3.8) is 0 Å². The molecule has 0 heterocycles. The molecule has 0 N–H and O–H groups in total. The van der Waals surface area contributed by atoms with Gasteiger partial charge >= 0.3 is 11.9 Å². The summed E-state index contributed by atoms with van der Waals surface area (Å²) in [4.78, 5) is 25.6. The molecule has 2 unspecified atom stereocenters. The number of hydrogen-bond acceptors (Lipinski definition) is 4. The van der Waals surface area contributed by atoms with E-state index in [4.69, 9.17) is 9.47 Å². The summed E-state index contributed by atoms with van der Waals surface area (Å²) in [7, 11) is 0. The summed E-state index contributed by atoms with van der Waals surface area (Å²) in [6.07, 6.45) is 31.4. The van der Waals surface area contributed by atoms with Crippen molar-refractivity contribution in [2.75, 3.05) is 13.2 Å². The third-order valence-electron chi connectivity index (χ3n) is 7.78. The van der Waals surface area contributed by atoms with Crippen LogP contribution in [0.15, 0.2) is 12.2 Å². The number of carbonyl (C=O) groups is 2. The van der Waals surface area contributed by atoms with Crippen LogP contribution in [0, 0.1) is 11.8 Å². The minimum atomic E-state index is -0.401. The molecular formula is C33H60O4. The molecule has 0 fully saturated rings. The van der Waals surface area contributed by atoms with Crippen LogP contribution in [0.25, 0.3) is 0 Å². The Labute approximate surface area is 229 Å². The van der Waals surface area contributed by atoms with E-state index < -0.39 is 5.92 Å². The van der Waals surface area contributed by atoms with Crippen LogP contribution in [0.5, 0.6) is 0 Å². The predicted octanol–water partition coefficient (Wildman–Crippen LogP) is 9.89. The van der Waals surface area contributed by atoms with Crippen LogP contribution >= 0.6 is 0 Å². The normalized spacial score (nSPS) is 17.5. The molecule has 2 atom stereocenters. The second-order valence-corrected chi connectivity index (χ2v) is 11.2. The highest BCUT2D eigenvalue weighted by atomic mass is 16.5. The molecule has 4 heteroatoms. The highest BCUT2D eigenvalue weighted by Crippen LogP contribution is 2.28. The van der Waals surface area contributed by atoms with Gasteiger partial charge in [-0.25, -0.2) is 0 Å². The van der Waals surface area contributed by atoms with Gasteiger partial charge in [0.05, 0.1) is 25.0 Å². The summed E-state index contributed by atoms with van der Waals surface area (Å²) < 4.78 is 11.2. The monoisotopic (exact) mass is 520 g/mol. The Hall–Kier alpha value is -1.32. The van der Waals surface area contributed by atoms with Gasteiger partial charge in [-0.15, -0.1) is 0 Å². The van der Waals surface area contributed by atoms with E-state index in [0.717, 1.165) is 32.1 Å². The number of carbonyl (C=O) groups excluding carboxylic acids is 2. The minimum absolute atomic E-state index is 0.208. The maximum Gasteiger partial charge on any atom is 0.310 e. The van der Waals surface area contributed by atoms with Crippen LogP contribution in [0.3, 0.4) is 0 Å². The first-order valence-corrected chi connectivity index (χ1v) is 16.2. The molecule has 0 amide bonds. The molecule has 1 aliphatic rings. The van der Waals surface area contributed by atoms with Gasteiger partial charge in [-0.05, 0) is 32.1 Å². The lowest BCUT2D eigenvalue weighted by Gasteiger charge is -2.22. The fourth-order valence-electron chi connectivity index (χ4n) is 5.28. The number of esters is 2. The zero-order valence-electron chi connectivity index (χ0n) is 24.6. The van der Waals surface area contributed by atoms with Gasteiger partial charge < -0.3 is 9.47 Å². The average molecular weight is 521 g/mol.